The number of aromatic nitrogens is 2. The summed E-state index contributed by atoms with van der Waals surface area (Å²) in [5.41, 5.74) is -0.888. The van der Waals surface area contributed by atoms with Crippen LogP contribution in [0.2, 0.25) is 0 Å². The van der Waals surface area contributed by atoms with E-state index in [4.69, 9.17) is 4.52 Å². The minimum absolute atomic E-state index is 0.00959. The Balaban J connectivity index is 1.99. The fourth-order valence-electron chi connectivity index (χ4n) is 2.89. The maximum absolute atomic E-state index is 13.2. The summed E-state index contributed by atoms with van der Waals surface area (Å²) in [5, 5.41) is 13.4. The number of likely N-dealkylation sites (tertiary alicyclic amines) is 1. The van der Waals surface area contributed by atoms with Crippen molar-refractivity contribution < 1.29 is 27.6 Å². The van der Waals surface area contributed by atoms with Gasteiger partial charge >= 0.3 is 6.18 Å². The maximum atomic E-state index is 13.2. The maximum Gasteiger partial charge on any atom is 0.416 e. The molecule has 0 aliphatic carbocycles. The van der Waals surface area contributed by atoms with Crippen LogP contribution >= 0.6 is 0 Å². The number of aryl methyl sites for hydroxylation is 1. The van der Waals surface area contributed by atoms with Gasteiger partial charge in [-0.2, -0.15) is 18.2 Å². The number of halogens is 3. The van der Waals surface area contributed by atoms with Crippen LogP contribution in [-0.2, 0) is 6.18 Å². The second-order valence-electron chi connectivity index (χ2n) is 5.58. The summed E-state index contributed by atoms with van der Waals surface area (Å²) < 4.78 is 44.5. The molecular formula is C15H14F3N3O3. The molecule has 2 aromatic rings. The Morgan fingerprint density at radius 2 is 2.08 bits per heavy atom. The SMILES string of the molecule is Cc1nc(C(=O)N2C[C@H](O)C[C@@H]2c2ccccc2C(F)(F)F)no1. The first-order valence-corrected chi connectivity index (χ1v) is 7.23. The largest absolute Gasteiger partial charge is 0.416 e. The molecule has 2 atom stereocenters. The fourth-order valence-corrected chi connectivity index (χ4v) is 2.89. The lowest BCUT2D eigenvalue weighted by atomic mass is 9.97. The van der Waals surface area contributed by atoms with Crippen LogP contribution in [-0.4, -0.2) is 38.7 Å². The first kappa shape index (κ1) is 16.4. The zero-order valence-electron chi connectivity index (χ0n) is 12.6. The number of carbonyl (C=O) groups is 1. The molecule has 1 aliphatic heterocycles. The van der Waals surface area contributed by atoms with Gasteiger partial charge in [-0.25, -0.2) is 0 Å². The van der Waals surface area contributed by atoms with Gasteiger partial charge in [0.1, 0.15) is 0 Å². The van der Waals surface area contributed by atoms with Crippen LogP contribution in [0.5, 0.6) is 0 Å². The molecule has 128 valence electrons. The van der Waals surface area contributed by atoms with Crippen molar-refractivity contribution in [1.29, 1.82) is 0 Å². The highest BCUT2D eigenvalue weighted by molar-refractivity contribution is 5.91. The average molecular weight is 341 g/mol. The topological polar surface area (TPSA) is 79.5 Å². The lowest BCUT2D eigenvalue weighted by Crippen LogP contribution is -2.33. The van der Waals surface area contributed by atoms with Crippen molar-refractivity contribution in [3.63, 3.8) is 0 Å². The minimum Gasteiger partial charge on any atom is -0.391 e. The molecule has 1 saturated heterocycles. The van der Waals surface area contributed by atoms with Gasteiger partial charge < -0.3 is 14.5 Å². The quantitative estimate of drug-likeness (QED) is 0.907. The summed E-state index contributed by atoms with van der Waals surface area (Å²) in [6.07, 6.45) is -5.47. The molecule has 1 N–H and O–H groups in total. The van der Waals surface area contributed by atoms with E-state index in [9.17, 15) is 23.1 Å². The molecule has 0 radical (unpaired) electrons. The number of amides is 1. The summed E-state index contributed by atoms with van der Waals surface area (Å²) in [6, 6.07) is 4.11. The van der Waals surface area contributed by atoms with Crippen molar-refractivity contribution in [3.8, 4) is 0 Å². The molecule has 1 aromatic heterocycles. The number of hydrogen-bond acceptors (Lipinski definition) is 5. The van der Waals surface area contributed by atoms with E-state index in [2.05, 4.69) is 10.1 Å². The van der Waals surface area contributed by atoms with Crippen LogP contribution in [0.1, 0.15) is 40.1 Å². The third-order valence-electron chi connectivity index (χ3n) is 3.88. The van der Waals surface area contributed by atoms with Gasteiger partial charge in [-0.15, -0.1) is 0 Å². The lowest BCUT2D eigenvalue weighted by Gasteiger charge is -2.26. The van der Waals surface area contributed by atoms with Gasteiger partial charge in [0, 0.05) is 13.5 Å². The normalized spacial score (nSPS) is 21.3. The second kappa shape index (κ2) is 5.90. The van der Waals surface area contributed by atoms with Crippen molar-refractivity contribution in [3.05, 3.63) is 47.1 Å². The Morgan fingerprint density at radius 1 is 1.38 bits per heavy atom. The second-order valence-corrected chi connectivity index (χ2v) is 5.58. The van der Waals surface area contributed by atoms with Crippen LogP contribution in [0.15, 0.2) is 28.8 Å². The summed E-state index contributed by atoms with van der Waals surface area (Å²) >= 11 is 0. The average Bonchev–Trinajstić information content (AvgIpc) is 3.12. The number of benzene rings is 1. The summed E-state index contributed by atoms with van der Waals surface area (Å²) in [4.78, 5) is 17.5. The number of nitrogens with zero attached hydrogens (tertiary/aromatic N) is 3. The summed E-state index contributed by atoms with van der Waals surface area (Å²) in [7, 11) is 0. The van der Waals surface area contributed by atoms with Crippen LogP contribution in [0.3, 0.4) is 0 Å². The highest BCUT2D eigenvalue weighted by Gasteiger charge is 2.42. The van der Waals surface area contributed by atoms with E-state index in [0.717, 1.165) is 11.0 Å². The van der Waals surface area contributed by atoms with Gasteiger partial charge in [0.25, 0.3) is 11.7 Å². The monoisotopic (exact) mass is 341 g/mol. The molecule has 0 unspecified atom stereocenters. The van der Waals surface area contributed by atoms with Crippen LogP contribution in [0, 0.1) is 6.92 Å². The van der Waals surface area contributed by atoms with Crippen LogP contribution in [0.4, 0.5) is 13.2 Å². The molecule has 1 fully saturated rings. The zero-order valence-corrected chi connectivity index (χ0v) is 12.6. The van der Waals surface area contributed by atoms with Crippen molar-refractivity contribution >= 4 is 5.91 Å². The van der Waals surface area contributed by atoms with Gasteiger partial charge in [0.15, 0.2) is 0 Å². The predicted molar refractivity (Wildman–Crippen MR) is 74.9 cm³/mol. The predicted octanol–water partition coefficient (Wildman–Crippen LogP) is 2.34. The van der Waals surface area contributed by atoms with E-state index in [1.807, 2.05) is 0 Å². The lowest BCUT2D eigenvalue weighted by molar-refractivity contribution is -0.138. The number of aliphatic hydroxyl groups excluding tert-OH is 1. The molecule has 1 amide bonds. The molecule has 0 saturated carbocycles. The third kappa shape index (κ3) is 2.99. The van der Waals surface area contributed by atoms with Gasteiger partial charge in [-0.3, -0.25) is 4.79 Å². The number of alkyl halides is 3. The van der Waals surface area contributed by atoms with Crippen LogP contribution in [0.25, 0.3) is 0 Å². The Bertz CT molecular complexity index is 760. The van der Waals surface area contributed by atoms with Crippen LogP contribution < -0.4 is 0 Å². The first-order chi connectivity index (χ1) is 11.3. The van der Waals surface area contributed by atoms with E-state index in [1.165, 1.54) is 25.1 Å². The van der Waals surface area contributed by atoms with Gasteiger partial charge in [-0.05, 0) is 18.1 Å². The van der Waals surface area contributed by atoms with E-state index in [1.54, 1.807) is 0 Å². The number of rotatable bonds is 2. The molecule has 0 bridgehead atoms. The fraction of sp³-hybridized carbons (Fsp3) is 0.400. The van der Waals surface area contributed by atoms with Gasteiger partial charge in [0.2, 0.25) is 5.89 Å². The van der Waals surface area contributed by atoms with E-state index in [-0.39, 0.29) is 30.2 Å². The third-order valence-corrected chi connectivity index (χ3v) is 3.88. The Labute approximate surface area is 134 Å². The Morgan fingerprint density at radius 3 is 2.71 bits per heavy atom. The van der Waals surface area contributed by atoms with Crippen molar-refractivity contribution in [2.45, 2.75) is 31.7 Å². The van der Waals surface area contributed by atoms with Crippen molar-refractivity contribution in [1.82, 2.24) is 15.0 Å². The summed E-state index contributed by atoms with van der Waals surface area (Å²) in [6.45, 7) is 1.41. The Hall–Kier alpha value is -2.42. The molecular weight excluding hydrogens is 327 g/mol. The number of β-amino-alcohol motifs (C(OH)–C–C–N with tert-alkyl or cyclic N) is 1. The molecule has 0 spiro atoms. The highest BCUT2D eigenvalue weighted by atomic mass is 19.4. The molecule has 6 nitrogen and oxygen atoms in total. The first-order valence-electron chi connectivity index (χ1n) is 7.23. The number of carbonyl (C=O) groups excluding carboxylic acids is 1. The van der Waals surface area contributed by atoms with Crippen molar-refractivity contribution in [2.24, 2.45) is 0 Å². The number of aliphatic hydroxyl groups is 1. The Kier molecular flexibility index (Phi) is 4.04. The molecule has 2 heterocycles. The zero-order chi connectivity index (χ0) is 17.5. The smallest absolute Gasteiger partial charge is 0.391 e. The highest BCUT2D eigenvalue weighted by Crippen LogP contribution is 2.40. The molecule has 3 rings (SSSR count). The van der Waals surface area contributed by atoms with E-state index < -0.39 is 29.8 Å². The minimum atomic E-state index is -4.55. The van der Waals surface area contributed by atoms with Gasteiger partial charge in [0.05, 0.1) is 17.7 Å². The van der Waals surface area contributed by atoms with Crippen molar-refractivity contribution in [2.75, 3.05) is 6.54 Å². The molecule has 1 aromatic carbocycles. The standard InChI is InChI=1S/C15H14F3N3O3/c1-8-19-13(20-24-8)14(23)21-7-9(22)6-12(21)10-4-2-3-5-11(10)15(16,17)18/h2-5,9,12,22H,6-7H2,1H3/t9-,12-/m1/s1. The van der Waals surface area contributed by atoms with E-state index in [0.29, 0.717) is 0 Å². The summed E-state index contributed by atoms with van der Waals surface area (Å²) in [5.74, 6) is -0.744. The molecule has 1 aliphatic rings. The van der Waals surface area contributed by atoms with E-state index >= 15 is 0 Å². The molecule has 24 heavy (non-hydrogen) atoms. The van der Waals surface area contributed by atoms with Gasteiger partial charge in [-0.1, -0.05) is 23.4 Å². The molecule has 9 heteroatoms. The number of hydrogen-bond donors (Lipinski definition) is 1.